The van der Waals surface area contributed by atoms with Crippen molar-refractivity contribution in [3.8, 4) is 0 Å². The minimum Gasteiger partial charge on any atom is -0.462 e. The second-order valence-electron chi connectivity index (χ2n) is 3.85. The zero-order valence-corrected chi connectivity index (χ0v) is 13.2. The van der Waals surface area contributed by atoms with E-state index in [4.69, 9.17) is 9.52 Å². The number of aliphatic hydroxyl groups is 1. The van der Waals surface area contributed by atoms with Crippen molar-refractivity contribution in [2.45, 2.75) is 25.0 Å². The lowest BCUT2D eigenvalue weighted by Crippen LogP contribution is -2.23. The summed E-state index contributed by atoms with van der Waals surface area (Å²) >= 11 is 4.77. The van der Waals surface area contributed by atoms with Gasteiger partial charge in [0.05, 0.1) is 0 Å². The van der Waals surface area contributed by atoms with E-state index in [9.17, 15) is 8.42 Å². The number of furan rings is 1. The van der Waals surface area contributed by atoms with Crippen LogP contribution in [0, 0.1) is 6.92 Å². The topological polar surface area (TPSA) is 79.5 Å². The maximum Gasteiger partial charge on any atom is 0.244 e. The van der Waals surface area contributed by atoms with Crippen LogP contribution < -0.4 is 4.72 Å². The number of aliphatic hydroxyl groups excluding tert-OH is 1. The van der Waals surface area contributed by atoms with E-state index < -0.39 is 10.0 Å². The largest absolute Gasteiger partial charge is 0.462 e. The van der Waals surface area contributed by atoms with E-state index in [-0.39, 0.29) is 29.6 Å². The number of sulfonamides is 1. The van der Waals surface area contributed by atoms with Gasteiger partial charge in [-0.3, -0.25) is 0 Å². The first-order valence-electron chi connectivity index (χ1n) is 5.35. The van der Waals surface area contributed by atoms with Crippen LogP contribution in [0.1, 0.15) is 16.4 Å². The van der Waals surface area contributed by atoms with Crippen molar-refractivity contribution in [3.05, 3.63) is 38.4 Å². The molecule has 2 aromatic rings. The molecule has 0 aliphatic carbocycles. The fourth-order valence-electron chi connectivity index (χ4n) is 1.56. The van der Waals surface area contributed by atoms with Crippen molar-refractivity contribution in [3.63, 3.8) is 0 Å². The molecule has 2 rings (SSSR count). The third kappa shape index (κ3) is 3.46. The summed E-state index contributed by atoms with van der Waals surface area (Å²) in [5.74, 6) is 0.501. The summed E-state index contributed by atoms with van der Waals surface area (Å²) in [6.07, 6.45) is 0. The monoisotopic (exact) mass is 365 g/mol. The van der Waals surface area contributed by atoms with Crippen molar-refractivity contribution < 1.29 is 17.9 Å². The summed E-state index contributed by atoms with van der Waals surface area (Å²) in [6, 6.07) is 3.19. The summed E-state index contributed by atoms with van der Waals surface area (Å²) in [4.78, 5) is 0.964. The molecule has 0 aliphatic heterocycles. The maximum atomic E-state index is 12.1. The Hall–Kier alpha value is -0.670. The lowest BCUT2D eigenvalue weighted by molar-refractivity contribution is 0.244. The van der Waals surface area contributed by atoms with Crippen molar-refractivity contribution >= 4 is 37.3 Å². The van der Waals surface area contributed by atoms with Crippen LogP contribution in [0.3, 0.4) is 0 Å². The van der Waals surface area contributed by atoms with Crippen LogP contribution in [0.4, 0.5) is 0 Å². The number of aryl methyl sites for hydroxylation is 1. The Bertz CT molecular complexity index is 675. The van der Waals surface area contributed by atoms with Crippen molar-refractivity contribution in [2.75, 3.05) is 0 Å². The standard InChI is InChI=1S/C11H12BrNO4S2/c1-7-11(3-9(5-14)17-7)19(15,16)13-4-10-2-8(12)6-18-10/h2-3,6,13-14H,4-5H2,1H3. The number of rotatable bonds is 5. The molecule has 0 atom stereocenters. The van der Waals surface area contributed by atoms with Gasteiger partial charge >= 0.3 is 0 Å². The van der Waals surface area contributed by atoms with Crippen LogP contribution in [0.5, 0.6) is 0 Å². The first kappa shape index (κ1) is 14.7. The molecule has 0 saturated carbocycles. The second-order valence-corrected chi connectivity index (χ2v) is 7.49. The van der Waals surface area contributed by atoms with Crippen LogP contribution >= 0.6 is 27.3 Å². The van der Waals surface area contributed by atoms with Crippen LogP contribution in [-0.4, -0.2) is 13.5 Å². The summed E-state index contributed by atoms with van der Waals surface area (Å²) in [5, 5.41) is 10.8. The zero-order chi connectivity index (χ0) is 14.0. The van der Waals surface area contributed by atoms with E-state index in [2.05, 4.69) is 20.7 Å². The fourth-order valence-corrected chi connectivity index (χ4v) is 4.25. The average Bonchev–Trinajstić information content (AvgIpc) is 2.93. The van der Waals surface area contributed by atoms with Crippen LogP contribution in [0.2, 0.25) is 0 Å². The van der Waals surface area contributed by atoms with Gasteiger partial charge in [0, 0.05) is 27.3 Å². The Morgan fingerprint density at radius 3 is 2.74 bits per heavy atom. The van der Waals surface area contributed by atoms with Crippen LogP contribution in [0.15, 0.2) is 31.3 Å². The molecule has 104 valence electrons. The van der Waals surface area contributed by atoms with Crippen molar-refractivity contribution in [1.82, 2.24) is 4.72 Å². The molecule has 5 nitrogen and oxygen atoms in total. The highest BCUT2D eigenvalue weighted by Crippen LogP contribution is 2.22. The molecule has 0 saturated heterocycles. The second kappa shape index (κ2) is 5.76. The van der Waals surface area contributed by atoms with E-state index in [1.54, 1.807) is 6.92 Å². The lowest BCUT2D eigenvalue weighted by atomic mass is 10.4. The molecule has 0 amide bonds. The van der Waals surface area contributed by atoms with E-state index in [1.807, 2.05) is 11.4 Å². The summed E-state index contributed by atoms with van der Waals surface area (Å²) in [7, 11) is -3.63. The number of halogens is 1. The van der Waals surface area contributed by atoms with E-state index in [1.165, 1.54) is 17.4 Å². The quantitative estimate of drug-likeness (QED) is 0.852. The van der Waals surface area contributed by atoms with Crippen LogP contribution in [-0.2, 0) is 23.2 Å². The van der Waals surface area contributed by atoms with E-state index in [0.717, 1.165) is 9.35 Å². The normalized spacial score (nSPS) is 11.9. The Morgan fingerprint density at radius 1 is 1.47 bits per heavy atom. The minimum atomic E-state index is -3.63. The Kier molecular flexibility index (Phi) is 4.46. The molecular formula is C11H12BrNO4S2. The van der Waals surface area contributed by atoms with E-state index in [0.29, 0.717) is 0 Å². The first-order valence-corrected chi connectivity index (χ1v) is 8.50. The Balaban J connectivity index is 2.15. The average molecular weight is 366 g/mol. The van der Waals surface area contributed by atoms with Crippen molar-refractivity contribution in [1.29, 1.82) is 0 Å². The molecule has 2 heterocycles. The summed E-state index contributed by atoms with van der Waals surface area (Å²) in [6.45, 7) is 1.45. The van der Waals surface area contributed by atoms with E-state index >= 15 is 0 Å². The molecule has 0 radical (unpaired) electrons. The third-order valence-electron chi connectivity index (χ3n) is 2.43. The molecule has 0 aromatic carbocycles. The molecule has 0 unspecified atom stereocenters. The molecule has 0 fully saturated rings. The van der Waals surface area contributed by atoms with Gasteiger partial charge in [0.1, 0.15) is 23.0 Å². The van der Waals surface area contributed by atoms with Gasteiger partial charge in [-0.1, -0.05) is 0 Å². The van der Waals surface area contributed by atoms with Gasteiger partial charge in [-0.05, 0) is 28.9 Å². The molecule has 8 heteroatoms. The Morgan fingerprint density at radius 2 is 2.21 bits per heavy atom. The highest BCUT2D eigenvalue weighted by molar-refractivity contribution is 9.10. The molecule has 2 aromatic heterocycles. The van der Waals surface area contributed by atoms with Gasteiger partial charge in [0.25, 0.3) is 0 Å². The highest BCUT2D eigenvalue weighted by Gasteiger charge is 2.21. The predicted octanol–water partition coefficient (Wildman–Crippen LogP) is 2.38. The first-order chi connectivity index (χ1) is 8.92. The highest BCUT2D eigenvalue weighted by atomic mass is 79.9. The molecule has 0 bridgehead atoms. The fraction of sp³-hybridized carbons (Fsp3) is 0.273. The van der Waals surface area contributed by atoms with Gasteiger partial charge in [0.15, 0.2) is 0 Å². The summed E-state index contributed by atoms with van der Waals surface area (Å²) in [5.41, 5.74) is 0. The molecule has 2 N–H and O–H groups in total. The van der Waals surface area contributed by atoms with Gasteiger partial charge in [0.2, 0.25) is 10.0 Å². The van der Waals surface area contributed by atoms with Gasteiger partial charge in [-0.25, -0.2) is 13.1 Å². The number of hydrogen-bond acceptors (Lipinski definition) is 5. The number of nitrogens with one attached hydrogen (secondary N) is 1. The zero-order valence-electron chi connectivity index (χ0n) is 10.0. The Labute approximate surface area is 123 Å². The SMILES string of the molecule is Cc1oc(CO)cc1S(=O)(=O)NCc1cc(Br)cs1. The van der Waals surface area contributed by atoms with Gasteiger partial charge in [-0.15, -0.1) is 11.3 Å². The predicted molar refractivity (Wildman–Crippen MR) is 75.4 cm³/mol. The molecule has 19 heavy (non-hydrogen) atoms. The molecular weight excluding hydrogens is 354 g/mol. The number of thiophene rings is 1. The molecule has 0 spiro atoms. The van der Waals surface area contributed by atoms with Gasteiger partial charge in [-0.2, -0.15) is 0 Å². The maximum absolute atomic E-state index is 12.1. The van der Waals surface area contributed by atoms with Crippen molar-refractivity contribution in [2.24, 2.45) is 0 Å². The van der Waals surface area contributed by atoms with Gasteiger partial charge < -0.3 is 9.52 Å². The minimum absolute atomic E-state index is 0.0622. The number of hydrogen-bond donors (Lipinski definition) is 2. The lowest BCUT2D eigenvalue weighted by Gasteiger charge is -2.03. The summed E-state index contributed by atoms with van der Waals surface area (Å²) < 4.78 is 32.8. The third-order valence-corrected chi connectivity index (χ3v) is 5.63. The van der Waals surface area contributed by atoms with Crippen LogP contribution in [0.25, 0.3) is 0 Å². The molecule has 0 aliphatic rings. The smallest absolute Gasteiger partial charge is 0.244 e.